The van der Waals surface area contributed by atoms with E-state index in [0.717, 1.165) is 0 Å². The third-order valence-electron chi connectivity index (χ3n) is 0.882. The lowest BCUT2D eigenvalue weighted by Crippen LogP contribution is -2.24. The van der Waals surface area contributed by atoms with Gasteiger partial charge in [0, 0.05) is 18.2 Å². The Labute approximate surface area is 56.2 Å². The molecule has 0 aromatic carbocycles. The molecule has 0 bridgehead atoms. The summed E-state index contributed by atoms with van der Waals surface area (Å²) in [6.45, 7) is 8.19. The highest BCUT2D eigenvalue weighted by Crippen LogP contribution is 1.84. The van der Waals surface area contributed by atoms with Crippen molar-refractivity contribution in [3.63, 3.8) is 0 Å². The van der Waals surface area contributed by atoms with Crippen LogP contribution in [0.5, 0.6) is 0 Å². The molecule has 0 aromatic heterocycles. The summed E-state index contributed by atoms with van der Waals surface area (Å²) in [6.07, 6.45) is 0. The van der Waals surface area contributed by atoms with Crippen molar-refractivity contribution in [2.45, 2.75) is 19.9 Å². The number of hydrogen-bond acceptors (Lipinski definition) is 2. The molecule has 0 fully saturated rings. The zero-order valence-electron chi connectivity index (χ0n) is 5.94. The Morgan fingerprint density at radius 1 is 1.78 bits per heavy atom. The monoisotopic (exact) mass is 124 g/mol. The van der Waals surface area contributed by atoms with Crippen molar-refractivity contribution in [1.29, 1.82) is 5.26 Å². The van der Waals surface area contributed by atoms with E-state index in [-0.39, 0.29) is 0 Å². The Bertz CT molecular complexity index is 130. The Morgan fingerprint density at radius 2 is 2.33 bits per heavy atom. The van der Waals surface area contributed by atoms with Crippen LogP contribution in [0.15, 0.2) is 12.2 Å². The van der Waals surface area contributed by atoms with E-state index in [1.54, 1.807) is 0 Å². The molecule has 0 radical (unpaired) electrons. The van der Waals surface area contributed by atoms with Crippen LogP contribution >= 0.6 is 0 Å². The van der Waals surface area contributed by atoms with Crippen molar-refractivity contribution in [3.05, 3.63) is 12.2 Å². The van der Waals surface area contributed by atoms with E-state index in [0.29, 0.717) is 18.2 Å². The van der Waals surface area contributed by atoms with Gasteiger partial charge < -0.3 is 5.32 Å². The molecule has 0 saturated heterocycles. The number of nitrogens with one attached hydrogen (secondary N) is 1. The van der Waals surface area contributed by atoms with Gasteiger partial charge in [0.25, 0.3) is 0 Å². The lowest BCUT2D eigenvalue weighted by atomic mass is 10.3. The maximum atomic E-state index is 8.26. The fourth-order valence-electron chi connectivity index (χ4n) is 0.367. The van der Waals surface area contributed by atoms with E-state index in [9.17, 15) is 0 Å². The van der Waals surface area contributed by atoms with Crippen LogP contribution < -0.4 is 5.32 Å². The van der Waals surface area contributed by atoms with Crippen molar-refractivity contribution < 1.29 is 0 Å². The van der Waals surface area contributed by atoms with Crippen LogP contribution in [-0.2, 0) is 0 Å². The number of nitriles is 1. The zero-order chi connectivity index (χ0) is 7.28. The smallest absolute Gasteiger partial charge is 0.0954 e. The molecule has 0 aliphatic carbocycles. The number of rotatable bonds is 3. The second-order valence-corrected chi connectivity index (χ2v) is 2.25. The fraction of sp³-hybridized carbons (Fsp3) is 0.571. The third-order valence-corrected chi connectivity index (χ3v) is 0.882. The molecule has 0 aliphatic heterocycles. The highest BCUT2D eigenvalue weighted by atomic mass is 14.9. The van der Waals surface area contributed by atoms with Gasteiger partial charge >= 0.3 is 0 Å². The van der Waals surface area contributed by atoms with Crippen LogP contribution in [0.4, 0.5) is 0 Å². The Kier molecular flexibility index (Phi) is 3.74. The first kappa shape index (κ1) is 8.19. The van der Waals surface area contributed by atoms with E-state index >= 15 is 0 Å². The first-order valence-electron chi connectivity index (χ1n) is 2.98. The molecular weight excluding hydrogens is 112 g/mol. The minimum atomic E-state index is 0.426. The van der Waals surface area contributed by atoms with Crippen LogP contribution in [0, 0.1) is 11.3 Å². The predicted octanol–water partition coefficient (Wildman–Crippen LogP) is 1.06. The van der Waals surface area contributed by atoms with Crippen molar-refractivity contribution in [3.8, 4) is 6.07 Å². The molecule has 1 N–H and O–H groups in total. The molecule has 0 saturated carbocycles. The first-order chi connectivity index (χ1) is 4.16. The zero-order valence-corrected chi connectivity index (χ0v) is 5.94. The minimum Gasteiger partial charge on any atom is -0.310 e. The normalized spacial score (nSPS) is 9.11. The van der Waals surface area contributed by atoms with Crippen LogP contribution in [0.25, 0.3) is 0 Å². The molecule has 2 nitrogen and oxygen atoms in total. The van der Waals surface area contributed by atoms with Gasteiger partial charge in [-0.15, -0.1) is 0 Å². The quantitative estimate of drug-likeness (QED) is 0.571. The standard InChI is InChI=1S/C7H12N2/c1-6(2)9-5-7(3)4-8/h6,9H,3,5H2,1-2H3. The topological polar surface area (TPSA) is 35.8 Å². The van der Waals surface area contributed by atoms with Gasteiger partial charge in [0.05, 0.1) is 6.07 Å². The molecule has 0 aliphatic rings. The van der Waals surface area contributed by atoms with Gasteiger partial charge in [-0.1, -0.05) is 20.4 Å². The van der Waals surface area contributed by atoms with Crippen molar-refractivity contribution in [2.24, 2.45) is 0 Å². The van der Waals surface area contributed by atoms with Crippen LogP contribution in [0.2, 0.25) is 0 Å². The van der Waals surface area contributed by atoms with E-state index in [2.05, 4.69) is 11.9 Å². The molecule has 0 amide bonds. The first-order valence-corrected chi connectivity index (χ1v) is 2.98. The number of nitrogens with zero attached hydrogens (tertiary/aromatic N) is 1. The summed E-state index contributed by atoms with van der Waals surface area (Å²) in [5, 5.41) is 11.3. The molecule has 0 spiro atoms. The van der Waals surface area contributed by atoms with Crippen LogP contribution in [0.3, 0.4) is 0 Å². The molecule has 0 rings (SSSR count). The molecule has 0 aromatic rings. The molecule has 0 heterocycles. The van der Waals surface area contributed by atoms with Crippen molar-refractivity contribution >= 4 is 0 Å². The summed E-state index contributed by atoms with van der Waals surface area (Å²) in [7, 11) is 0. The summed E-state index contributed by atoms with van der Waals surface area (Å²) in [5.41, 5.74) is 0.587. The van der Waals surface area contributed by atoms with Gasteiger partial charge in [0.2, 0.25) is 0 Å². The molecule has 9 heavy (non-hydrogen) atoms. The Balaban J connectivity index is 3.31. The van der Waals surface area contributed by atoms with Gasteiger partial charge in [-0.05, 0) is 0 Å². The summed E-state index contributed by atoms with van der Waals surface area (Å²) in [4.78, 5) is 0. The van der Waals surface area contributed by atoms with Crippen molar-refractivity contribution in [2.75, 3.05) is 6.54 Å². The highest BCUT2D eigenvalue weighted by Gasteiger charge is 1.92. The molecule has 0 unspecified atom stereocenters. The molecule has 2 heteroatoms. The average Bonchev–Trinajstić information content (AvgIpc) is 1.83. The van der Waals surface area contributed by atoms with Crippen molar-refractivity contribution in [1.82, 2.24) is 5.32 Å². The van der Waals surface area contributed by atoms with Gasteiger partial charge in [0.15, 0.2) is 0 Å². The lowest BCUT2D eigenvalue weighted by molar-refractivity contribution is 0.627. The van der Waals surface area contributed by atoms with Gasteiger partial charge in [-0.2, -0.15) is 5.26 Å². The molecular formula is C7H12N2. The van der Waals surface area contributed by atoms with Gasteiger partial charge in [-0.25, -0.2) is 0 Å². The van der Waals surface area contributed by atoms with E-state index in [1.165, 1.54) is 0 Å². The second kappa shape index (κ2) is 4.11. The summed E-state index contributed by atoms with van der Waals surface area (Å²) >= 11 is 0. The van der Waals surface area contributed by atoms with E-state index in [4.69, 9.17) is 5.26 Å². The summed E-state index contributed by atoms with van der Waals surface area (Å²) in [5.74, 6) is 0. The average molecular weight is 124 g/mol. The summed E-state index contributed by atoms with van der Waals surface area (Å²) in [6, 6.07) is 2.39. The largest absolute Gasteiger partial charge is 0.310 e. The summed E-state index contributed by atoms with van der Waals surface area (Å²) < 4.78 is 0. The maximum absolute atomic E-state index is 8.26. The van der Waals surface area contributed by atoms with Crippen LogP contribution in [0.1, 0.15) is 13.8 Å². The van der Waals surface area contributed by atoms with Gasteiger partial charge in [0.1, 0.15) is 0 Å². The minimum absolute atomic E-state index is 0.426. The van der Waals surface area contributed by atoms with Gasteiger partial charge in [-0.3, -0.25) is 0 Å². The Morgan fingerprint density at radius 3 is 2.67 bits per heavy atom. The van der Waals surface area contributed by atoms with E-state index in [1.807, 2.05) is 19.9 Å². The Hall–Kier alpha value is -0.810. The SMILES string of the molecule is C=C(C#N)CNC(C)C. The number of hydrogen-bond donors (Lipinski definition) is 1. The maximum Gasteiger partial charge on any atom is 0.0954 e. The molecule has 50 valence electrons. The lowest BCUT2D eigenvalue weighted by Gasteiger charge is -2.04. The second-order valence-electron chi connectivity index (χ2n) is 2.25. The third kappa shape index (κ3) is 5.05. The van der Waals surface area contributed by atoms with Crippen LogP contribution in [-0.4, -0.2) is 12.6 Å². The molecule has 0 atom stereocenters. The highest BCUT2D eigenvalue weighted by molar-refractivity contribution is 5.17. The predicted molar refractivity (Wildman–Crippen MR) is 37.9 cm³/mol. The fourth-order valence-corrected chi connectivity index (χ4v) is 0.367. The van der Waals surface area contributed by atoms with E-state index < -0.39 is 0 Å².